The molecule has 0 aliphatic heterocycles. The topological polar surface area (TPSA) is 117 Å². The monoisotopic (exact) mass is 382 g/mol. The third-order valence-electron chi connectivity index (χ3n) is 2.85. The third kappa shape index (κ3) is 5.07. The zero-order chi connectivity index (χ0) is 18.4. The standard InChI is InChI=1S/C15H11Cl2N3O5/c16-10-5-9(15(22)12(6-10)20(23)24)7-18-19-14(21)8-25-13-4-2-1-3-11(13)17/h1-7,22H,8H2,(H,19,21)/p-1/b18-7-. The van der Waals surface area contributed by atoms with Crippen LogP contribution in [0.2, 0.25) is 10.0 Å². The Kier molecular flexibility index (Phi) is 6.15. The van der Waals surface area contributed by atoms with E-state index >= 15 is 0 Å². The summed E-state index contributed by atoms with van der Waals surface area (Å²) in [5, 5.41) is 26.5. The van der Waals surface area contributed by atoms with Crippen molar-refractivity contribution in [2.75, 3.05) is 6.61 Å². The molecule has 0 saturated carbocycles. The molecule has 0 heterocycles. The minimum absolute atomic E-state index is 0.00105. The van der Waals surface area contributed by atoms with E-state index in [1.165, 1.54) is 6.07 Å². The molecule has 0 saturated heterocycles. The van der Waals surface area contributed by atoms with Gasteiger partial charge in [-0.2, -0.15) is 5.10 Å². The van der Waals surface area contributed by atoms with Gasteiger partial charge >= 0.3 is 0 Å². The van der Waals surface area contributed by atoms with Crippen molar-refractivity contribution >= 4 is 41.0 Å². The second kappa shape index (κ2) is 8.32. The normalized spacial score (nSPS) is 10.6. The Labute approximate surface area is 151 Å². The van der Waals surface area contributed by atoms with Gasteiger partial charge < -0.3 is 9.84 Å². The van der Waals surface area contributed by atoms with Gasteiger partial charge in [0.2, 0.25) is 0 Å². The fraction of sp³-hybridized carbons (Fsp3) is 0.0667. The highest BCUT2D eigenvalue weighted by molar-refractivity contribution is 6.32. The molecule has 10 heteroatoms. The molecule has 0 fully saturated rings. The fourth-order valence-electron chi connectivity index (χ4n) is 1.74. The summed E-state index contributed by atoms with van der Waals surface area (Å²) < 4.78 is 5.20. The van der Waals surface area contributed by atoms with E-state index < -0.39 is 22.3 Å². The average Bonchev–Trinajstić information content (AvgIpc) is 2.56. The fourth-order valence-corrected chi connectivity index (χ4v) is 2.15. The lowest BCUT2D eigenvalue weighted by atomic mass is 10.2. The Morgan fingerprint density at radius 2 is 2.04 bits per heavy atom. The summed E-state index contributed by atoms with van der Waals surface area (Å²) >= 11 is 11.6. The smallest absolute Gasteiger partial charge is 0.277 e. The average molecular weight is 383 g/mol. The van der Waals surface area contributed by atoms with Gasteiger partial charge in [0, 0.05) is 11.1 Å². The summed E-state index contributed by atoms with van der Waals surface area (Å²) in [5.41, 5.74) is 1.32. The van der Waals surface area contributed by atoms with E-state index in [0.29, 0.717) is 10.8 Å². The molecule has 25 heavy (non-hydrogen) atoms. The minimum Gasteiger partial charge on any atom is -0.867 e. The number of hydrogen-bond donors (Lipinski definition) is 1. The van der Waals surface area contributed by atoms with Gasteiger partial charge in [-0.05, 0) is 29.5 Å². The zero-order valence-electron chi connectivity index (χ0n) is 12.4. The van der Waals surface area contributed by atoms with Gasteiger partial charge in [-0.1, -0.05) is 35.3 Å². The van der Waals surface area contributed by atoms with E-state index in [0.717, 1.165) is 12.3 Å². The molecule has 0 unspecified atom stereocenters. The maximum atomic E-state index is 11.8. The van der Waals surface area contributed by atoms with Crippen molar-refractivity contribution in [3.8, 4) is 11.5 Å². The number of nitrogens with one attached hydrogen (secondary N) is 1. The molecule has 0 bridgehead atoms. The van der Waals surface area contributed by atoms with Gasteiger partial charge in [-0.3, -0.25) is 14.9 Å². The molecule has 1 N–H and O–H groups in total. The molecule has 2 aromatic rings. The van der Waals surface area contributed by atoms with Crippen molar-refractivity contribution in [1.82, 2.24) is 5.43 Å². The van der Waals surface area contributed by atoms with Crippen LogP contribution in [0.3, 0.4) is 0 Å². The largest absolute Gasteiger partial charge is 0.867 e. The molecule has 130 valence electrons. The van der Waals surface area contributed by atoms with Crippen LogP contribution in [0.1, 0.15) is 5.56 Å². The van der Waals surface area contributed by atoms with Crippen LogP contribution in [0, 0.1) is 10.1 Å². The van der Waals surface area contributed by atoms with E-state index in [2.05, 4.69) is 10.5 Å². The predicted molar refractivity (Wildman–Crippen MR) is 90.2 cm³/mol. The second-order valence-corrected chi connectivity index (χ2v) is 5.46. The molecule has 0 aromatic heterocycles. The van der Waals surface area contributed by atoms with Crippen molar-refractivity contribution in [2.45, 2.75) is 0 Å². The first-order valence-corrected chi connectivity index (χ1v) is 7.48. The van der Waals surface area contributed by atoms with Gasteiger partial charge in [0.05, 0.1) is 16.2 Å². The number of halogens is 2. The van der Waals surface area contributed by atoms with Crippen LogP contribution in [-0.4, -0.2) is 23.7 Å². The molecule has 8 nitrogen and oxygen atoms in total. The summed E-state index contributed by atoms with van der Waals surface area (Å²) in [6.07, 6.45) is 0.967. The highest BCUT2D eigenvalue weighted by Gasteiger charge is 2.11. The van der Waals surface area contributed by atoms with Crippen molar-refractivity contribution in [1.29, 1.82) is 0 Å². The van der Waals surface area contributed by atoms with E-state index in [-0.39, 0.29) is 17.2 Å². The summed E-state index contributed by atoms with van der Waals surface area (Å²) in [4.78, 5) is 21.6. The molecular formula is C15H10Cl2N3O5-. The number of carbonyl (C=O) groups excluding carboxylic acids is 1. The number of nitro groups is 1. The van der Waals surface area contributed by atoms with Crippen LogP contribution in [0.5, 0.6) is 11.5 Å². The number of nitro benzene ring substituents is 1. The number of amides is 1. The Hall–Kier alpha value is -2.84. The zero-order valence-corrected chi connectivity index (χ0v) is 14.0. The molecule has 0 aliphatic rings. The number of rotatable bonds is 6. The number of para-hydroxylation sites is 1. The lowest BCUT2D eigenvalue weighted by Crippen LogP contribution is -2.24. The summed E-state index contributed by atoms with van der Waals surface area (Å²) in [7, 11) is 0. The lowest BCUT2D eigenvalue weighted by Gasteiger charge is -2.10. The number of hydrogen-bond acceptors (Lipinski definition) is 6. The molecule has 1 amide bonds. The molecule has 0 aliphatic carbocycles. The Morgan fingerprint density at radius 1 is 1.32 bits per heavy atom. The van der Waals surface area contributed by atoms with Gasteiger partial charge in [0.1, 0.15) is 5.75 Å². The third-order valence-corrected chi connectivity index (χ3v) is 3.38. The van der Waals surface area contributed by atoms with Crippen molar-refractivity contribution < 1.29 is 19.6 Å². The van der Waals surface area contributed by atoms with Gasteiger partial charge in [0.25, 0.3) is 11.6 Å². The Balaban J connectivity index is 1.98. The number of benzene rings is 2. The van der Waals surface area contributed by atoms with Crippen LogP contribution in [0.15, 0.2) is 41.5 Å². The van der Waals surface area contributed by atoms with E-state index in [9.17, 15) is 20.0 Å². The highest BCUT2D eigenvalue weighted by Crippen LogP contribution is 2.29. The van der Waals surface area contributed by atoms with E-state index in [4.69, 9.17) is 27.9 Å². The molecule has 2 aromatic carbocycles. The highest BCUT2D eigenvalue weighted by atomic mass is 35.5. The quantitative estimate of drug-likeness (QED) is 0.467. The van der Waals surface area contributed by atoms with E-state index in [1.54, 1.807) is 24.3 Å². The number of carbonyl (C=O) groups is 1. The molecular weight excluding hydrogens is 373 g/mol. The molecule has 2 rings (SSSR count). The predicted octanol–water partition coefficient (Wildman–Crippen LogP) is 2.50. The lowest BCUT2D eigenvalue weighted by molar-refractivity contribution is -0.398. The van der Waals surface area contributed by atoms with Crippen LogP contribution in [-0.2, 0) is 4.79 Å². The van der Waals surface area contributed by atoms with Crippen LogP contribution in [0.4, 0.5) is 5.69 Å². The number of ether oxygens (including phenoxy) is 1. The second-order valence-electron chi connectivity index (χ2n) is 4.61. The Morgan fingerprint density at radius 3 is 2.72 bits per heavy atom. The van der Waals surface area contributed by atoms with Crippen molar-refractivity contribution in [3.05, 3.63) is 62.1 Å². The summed E-state index contributed by atoms with van der Waals surface area (Å²) in [6, 6.07) is 8.75. The maximum absolute atomic E-state index is 11.8. The minimum atomic E-state index is -0.861. The SMILES string of the molecule is O=C(COc1ccccc1Cl)N/N=C\c1cc(Cl)cc([N+](=O)[O-])c1[O-]. The van der Waals surface area contributed by atoms with Crippen LogP contribution < -0.4 is 15.3 Å². The summed E-state index contributed by atoms with van der Waals surface area (Å²) in [6.45, 7) is -0.360. The molecule has 0 spiro atoms. The first kappa shape index (κ1) is 18.5. The maximum Gasteiger partial charge on any atom is 0.277 e. The Bertz CT molecular complexity index is 842. The molecule has 0 atom stereocenters. The van der Waals surface area contributed by atoms with Gasteiger partial charge in [-0.15, -0.1) is 0 Å². The van der Waals surface area contributed by atoms with Crippen molar-refractivity contribution in [2.24, 2.45) is 5.10 Å². The summed E-state index contributed by atoms with van der Waals surface area (Å²) in [5.74, 6) is -1.14. The first-order chi connectivity index (χ1) is 11.9. The van der Waals surface area contributed by atoms with E-state index in [1.807, 2.05) is 0 Å². The van der Waals surface area contributed by atoms with Gasteiger partial charge in [0.15, 0.2) is 6.61 Å². The van der Waals surface area contributed by atoms with Gasteiger partial charge in [-0.25, -0.2) is 5.43 Å². The number of nitrogens with zero attached hydrogens (tertiary/aromatic N) is 2. The van der Waals surface area contributed by atoms with Crippen LogP contribution >= 0.6 is 23.2 Å². The first-order valence-electron chi connectivity index (χ1n) is 6.72. The van der Waals surface area contributed by atoms with Crippen LogP contribution in [0.25, 0.3) is 0 Å². The van der Waals surface area contributed by atoms with Crippen molar-refractivity contribution in [3.63, 3.8) is 0 Å². The molecule has 0 radical (unpaired) electrons. The number of hydrazone groups is 1.